The lowest BCUT2D eigenvalue weighted by Gasteiger charge is -2.24. The van der Waals surface area contributed by atoms with Crippen molar-refractivity contribution in [2.75, 3.05) is 0 Å². The van der Waals surface area contributed by atoms with Crippen molar-refractivity contribution >= 4 is 15.7 Å². The first-order chi connectivity index (χ1) is 9.85. The highest BCUT2D eigenvalue weighted by Gasteiger charge is 2.20. The predicted molar refractivity (Wildman–Crippen MR) is 76.3 cm³/mol. The van der Waals surface area contributed by atoms with Gasteiger partial charge in [-0.25, -0.2) is 8.42 Å². The molecular formula is C13H17N2O5S. The molecule has 7 nitrogen and oxygen atoms in total. The summed E-state index contributed by atoms with van der Waals surface area (Å²) in [5.74, 6) is -0.306. The Morgan fingerprint density at radius 3 is 2.52 bits per heavy atom. The SMILES string of the molecule is [NH]S(=O)(=O)Cc1ccc([N+](=O)[O-])cc1OC1CCCCC1. The molecule has 1 aliphatic carbocycles. The van der Waals surface area contributed by atoms with E-state index in [0.717, 1.165) is 32.1 Å². The Morgan fingerprint density at radius 1 is 1.29 bits per heavy atom. The fourth-order valence-electron chi connectivity index (χ4n) is 2.45. The molecule has 1 radical (unpaired) electrons. The molecular weight excluding hydrogens is 296 g/mol. The Hall–Kier alpha value is -1.67. The maximum Gasteiger partial charge on any atom is 0.273 e. The van der Waals surface area contributed by atoms with Crippen LogP contribution in [0.1, 0.15) is 37.7 Å². The van der Waals surface area contributed by atoms with Gasteiger partial charge in [-0.3, -0.25) is 10.1 Å². The van der Waals surface area contributed by atoms with Gasteiger partial charge in [-0.2, -0.15) is 0 Å². The molecule has 0 aromatic heterocycles. The van der Waals surface area contributed by atoms with Gasteiger partial charge in [0.15, 0.2) is 0 Å². The second kappa shape index (κ2) is 6.40. The third-order valence-electron chi connectivity index (χ3n) is 3.45. The lowest BCUT2D eigenvalue weighted by atomic mass is 9.97. The van der Waals surface area contributed by atoms with Crippen LogP contribution in [0.3, 0.4) is 0 Å². The van der Waals surface area contributed by atoms with Crippen LogP contribution in [-0.2, 0) is 15.8 Å². The monoisotopic (exact) mass is 313 g/mol. The van der Waals surface area contributed by atoms with Crippen molar-refractivity contribution in [3.8, 4) is 5.75 Å². The number of nitrogens with one attached hydrogen (secondary N) is 1. The highest BCUT2D eigenvalue weighted by Crippen LogP contribution is 2.30. The Labute approximate surface area is 123 Å². The highest BCUT2D eigenvalue weighted by molar-refractivity contribution is 7.88. The smallest absolute Gasteiger partial charge is 0.273 e. The number of hydrogen-bond donors (Lipinski definition) is 0. The van der Waals surface area contributed by atoms with Gasteiger partial charge in [-0.1, -0.05) is 6.42 Å². The average Bonchev–Trinajstić information content (AvgIpc) is 2.40. The zero-order valence-corrected chi connectivity index (χ0v) is 12.3. The van der Waals surface area contributed by atoms with Crippen molar-refractivity contribution in [1.29, 1.82) is 0 Å². The summed E-state index contributed by atoms with van der Waals surface area (Å²) in [6, 6.07) is 3.83. The van der Waals surface area contributed by atoms with Crippen molar-refractivity contribution in [3.63, 3.8) is 0 Å². The van der Waals surface area contributed by atoms with E-state index < -0.39 is 20.7 Å². The van der Waals surface area contributed by atoms with Crippen molar-refractivity contribution in [3.05, 3.63) is 33.9 Å². The normalized spacial score (nSPS) is 16.6. The second-order valence-electron chi connectivity index (χ2n) is 5.19. The standard InChI is InChI=1S/C13H17N2O5S/c14-21(18,19)9-10-6-7-11(15(16)17)8-13(10)20-12-4-2-1-3-5-12/h6-8,12,14H,1-5,9H2. The van der Waals surface area contributed by atoms with Crippen LogP contribution in [0, 0.1) is 10.1 Å². The van der Waals surface area contributed by atoms with Gasteiger partial charge >= 0.3 is 0 Å². The number of ether oxygens (including phenoxy) is 1. The molecule has 8 heteroatoms. The number of rotatable bonds is 5. The van der Waals surface area contributed by atoms with Gasteiger partial charge in [-0.05, 0) is 31.7 Å². The minimum atomic E-state index is -3.97. The Bertz CT molecular complexity index is 623. The van der Waals surface area contributed by atoms with Gasteiger partial charge in [0, 0.05) is 11.6 Å². The molecule has 1 aliphatic rings. The first kappa shape index (κ1) is 15.7. The average molecular weight is 313 g/mol. The molecule has 2 rings (SSSR count). The first-order valence-electron chi connectivity index (χ1n) is 6.76. The van der Waals surface area contributed by atoms with Gasteiger partial charge in [-0.15, -0.1) is 5.14 Å². The van der Waals surface area contributed by atoms with E-state index in [1.807, 2.05) is 0 Å². The van der Waals surface area contributed by atoms with Gasteiger partial charge < -0.3 is 4.74 Å². The van der Waals surface area contributed by atoms with Crippen LogP contribution in [0.25, 0.3) is 0 Å². The minimum absolute atomic E-state index is 0.0482. The Kier molecular flexibility index (Phi) is 4.79. The molecule has 1 saturated carbocycles. The van der Waals surface area contributed by atoms with E-state index in [4.69, 9.17) is 9.88 Å². The molecule has 0 heterocycles. The maximum atomic E-state index is 11.1. The summed E-state index contributed by atoms with van der Waals surface area (Å²) in [4.78, 5) is 10.3. The molecule has 0 atom stereocenters. The van der Waals surface area contributed by atoms with E-state index in [1.165, 1.54) is 18.2 Å². The number of non-ortho nitro benzene ring substituents is 1. The van der Waals surface area contributed by atoms with E-state index in [9.17, 15) is 18.5 Å². The third-order valence-corrected chi connectivity index (χ3v) is 4.14. The summed E-state index contributed by atoms with van der Waals surface area (Å²) in [5, 5.41) is 17.8. The summed E-state index contributed by atoms with van der Waals surface area (Å²) >= 11 is 0. The largest absolute Gasteiger partial charge is 0.490 e. The molecule has 1 fully saturated rings. The highest BCUT2D eigenvalue weighted by atomic mass is 32.2. The molecule has 0 amide bonds. The van der Waals surface area contributed by atoms with Crippen molar-refractivity contribution in [1.82, 2.24) is 5.14 Å². The molecule has 0 aliphatic heterocycles. The van der Waals surface area contributed by atoms with Crippen LogP contribution < -0.4 is 9.88 Å². The van der Waals surface area contributed by atoms with Gasteiger partial charge in [0.05, 0.1) is 22.8 Å². The molecule has 1 N–H and O–H groups in total. The number of nitro groups is 1. The van der Waals surface area contributed by atoms with Crippen LogP contribution >= 0.6 is 0 Å². The molecule has 0 bridgehead atoms. The number of hydrogen-bond acceptors (Lipinski definition) is 5. The van der Waals surface area contributed by atoms with E-state index >= 15 is 0 Å². The Morgan fingerprint density at radius 2 is 1.95 bits per heavy atom. The maximum absolute atomic E-state index is 11.1. The van der Waals surface area contributed by atoms with Gasteiger partial charge in [0.1, 0.15) is 5.75 Å². The van der Waals surface area contributed by atoms with Gasteiger partial charge in [0.2, 0.25) is 10.0 Å². The summed E-state index contributed by atoms with van der Waals surface area (Å²) in [6.07, 6.45) is 4.87. The van der Waals surface area contributed by atoms with Crippen LogP contribution in [0.4, 0.5) is 5.69 Å². The van der Waals surface area contributed by atoms with E-state index in [1.54, 1.807) is 0 Å². The molecule has 0 saturated heterocycles. The molecule has 115 valence electrons. The van der Waals surface area contributed by atoms with Crippen LogP contribution in [0.5, 0.6) is 5.75 Å². The van der Waals surface area contributed by atoms with Crippen molar-refractivity contribution in [2.24, 2.45) is 0 Å². The topological polar surface area (TPSA) is 110 Å². The summed E-state index contributed by atoms with van der Waals surface area (Å²) in [6.45, 7) is 0. The number of nitro benzene ring substituents is 1. The summed E-state index contributed by atoms with van der Waals surface area (Å²) in [5.41, 5.74) is 0.146. The quantitative estimate of drug-likeness (QED) is 0.612. The molecule has 0 unspecified atom stereocenters. The molecule has 1 aromatic carbocycles. The predicted octanol–water partition coefficient (Wildman–Crippen LogP) is 2.42. The summed E-state index contributed by atoms with van der Waals surface area (Å²) in [7, 11) is -3.97. The molecule has 1 aromatic rings. The van der Waals surface area contributed by atoms with Crippen LogP contribution in [0.15, 0.2) is 18.2 Å². The first-order valence-corrected chi connectivity index (χ1v) is 8.42. The number of benzene rings is 1. The lowest BCUT2D eigenvalue weighted by molar-refractivity contribution is -0.385. The fourth-order valence-corrected chi connectivity index (χ4v) is 3.10. The van der Waals surface area contributed by atoms with Crippen LogP contribution in [0.2, 0.25) is 0 Å². The lowest BCUT2D eigenvalue weighted by Crippen LogP contribution is -2.20. The Balaban J connectivity index is 2.28. The second-order valence-corrected chi connectivity index (χ2v) is 6.70. The number of sulfonamides is 1. The number of nitrogens with zero attached hydrogens (tertiary/aromatic N) is 1. The van der Waals surface area contributed by atoms with Crippen LogP contribution in [-0.4, -0.2) is 19.4 Å². The third kappa shape index (κ3) is 4.68. The zero-order chi connectivity index (χ0) is 15.5. The fraction of sp³-hybridized carbons (Fsp3) is 0.538. The van der Waals surface area contributed by atoms with Gasteiger partial charge in [0.25, 0.3) is 5.69 Å². The van der Waals surface area contributed by atoms with E-state index in [0.29, 0.717) is 5.56 Å². The van der Waals surface area contributed by atoms with Crippen molar-refractivity contribution in [2.45, 2.75) is 44.0 Å². The zero-order valence-electron chi connectivity index (χ0n) is 11.4. The summed E-state index contributed by atoms with van der Waals surface area (Å²) < 4.78 is 28.1. The van der Waals surface area contributed by atoms with E-state index in [-0.39, 0.29) is 17.5 Å². The van der Waals surface area contributed by atoms with E-state index in [2.05, 4.69) is 0 Å². The minimum Gasteiger partial charge on any atom is -0.490 e. The van der Waals surface area contributed by atoms with Crippen molar-refractivity contribution < 1.29 is 18.1 Å². The molecule has 21 heavy (non-hydrogen) atoms. The molecule has 0 spiro atoms.